The van der Waals surface area contributed by atoms with Crippen LogP contribution in [0.25, 0.3) is 0 Å². The molecule has 0 bridgehead atoms. The Morgan fingerprint density at radius 2 is 2.22 bits per heavy atom. The van der Waals surface area contributed by atoms with E-state index in [1.54, 1.807) is 6.92 Å². The predicted octanol–water partition coefficient (Wildman–Crippen LogP) is 3.09. The molecule has 0 saturated heterocycles. The van der Waals surface area contributed by atoms with Crippen molar-refractivity contribution >= 4 is 11.4 Å². The second-order valence-electron chi connectivity index (χ2n) is 3.67. The van der Waals surface area contributed by atoms with E-state index in [2.05, 4.69) is 11.2 Å². The maximum atomic E-state index is 13.6. The Hall–Kier alpha value is -2.16. The lowest BCUT2D eigenvalue weighted by atomic mass is 10.1. The lowest BCUT2D eigenvalue weighted by Crippen LogP contribution is -2.19. The molecule has 0 aliphatic heterocycles. The second-order valence-corrected chi connectivity index (χ2v) is 3.67. The van der Waals surface area contributed by atoms with Gasteiger partial charge in [0.1, 0.15) is 0 Å². The molecule has 18 heavy (non-hydrogen) atoms. The standard InChI is InChI=1S/C12H12F2N2O2/c1-3-5-8(4-2)15-12-10(16(17)18)7-6-9(13)11(12)14/h1,6-8,15H,4-5H2,2H3. The Labute approximate surface area is 103 Å². The van der Waals surface area contributed by atoms with Crippen LogP contribution in [0.1, 0.15) is 19.8 Å². The van der Waals surface area contributed by atoms with Crippen LogP contribution in [0.5, 0.6) is 0 Å². The molecule has 0 aromatic heterocycles. The van der Waals surface area contributed by atoms with E-state index in [-0.39, 0.29) is 12.5 Å². The topological polar surface area (TPSA) is 55.2 Å². The van der Waals surface area contributed by atoms with Gasteiger partial charge in [-0.25, -0.2) is 8.78 Å². The summed E-state index contributed by atoms with van der Waals surface area (Å²) in [5, 5.41) is 13.3. The van der Waals surface area contributed by atoms with Crippen LogP contribution in [0, 0.1) is 34.1 Å². The fourth-order valence-electron chi connectivity index (χ4n) is 1.47. The predicted molar refractivity (Wildman–Crippen MR) is 64.2 cm³/mol. The smallest absolute Gasteiger partial charge is 0.295 e. The maximum Gasteiger partial charge on any atom is 0.295 e. The third-order valence-electron chi connectivity index (χ3n) is 2.48. The van der Waals surface area contributed by atoms with Gasteiger partial charge in [0.05, 0.1) is 4.92 Å². The minimum absolute atomic E-state index is 0.267. The summed E-state index contributed by atoms with van der Waals surface area (Å²) in [6.45, 7) is 1.79. The molecule has 0 radical (unpaired) electrons. The monoisotopic (exact) mass is 254 g/mol. The molecular formula is C12H12F2N2O2. The van der Waals surface area contributed by atoms with Crippen LogP contribution in [-0.4, -0.2) is 11.0 Å². The molecule has 4 nitrogen and oxygen atoms in total. The van der Waals surface area contributed by atoms with Gasteiger partial charge in [-0.2, -0.15) is 0 Å². The summed E-state index contributed by atoms with van der Waals surface area (Å²) < 4.78 is 26.7. The van der Waals surface area contributed by atoms with Crippen LogP contribution in [-0.2, 0) is 0 Å². The first-order chi connectivity index (χ1) is 8.51. The summed E-state index contributed by atoms with van der Waals surface area (Å²) >= 11 is 0. The molecule has 96 valence electrons. The quantitative estimate of drug-likeness (QED) is 0.499. The molecule has 1 unspecified atom stereocenters. The highest BCUT2D eigenvalue weighted by Gasteiger charge is 2.23. The highest BCUT2D eigenvalue weighted by Crippen LogP contribution is 2.30. The normalized spacial score (nSPS) is 11.7. The zero-order valence-corrected chi connectivity index (χ0v) is 9.74. The highest BCUT2D eigenvalue weighted by atomic mass is 19.2. The average molecular weight is 254 g/mol. The largest absolute Gasteiger partial charge is 0.373 e. The van der Waals surface area contributed by atoms with Gasteiger partial charge in [-0.1, -0.05) is 6.92 Å². The van der Waals surface area contributed by atoms with Gasteiger partial charge in [0.2, 0.25) is 0 Å². The van der Waals surface area contributed by atoms with E-state index < -0.39 is 27.9 Å². The number of benzene rings is 1. The molecule has 6 heteroatoms. The zero-order chi connectivity index (χ0) is 13.7. The van der Waals surface area contributed by atoms with E-state index in [0.717, 1.165) is 12.1 Å². The van der Waals surface area contributed by atoms with Gasteiger partial charge in [0.15, 0.2) is 17.3 Å². The lowest BCUT2D eigenvalue weighted by molar-refractivity contribution is -0.384. The van der Waals surface area contributed by atoms with Gasteiger partial charge in [-0.15, -0.1) is 12.3 Å². The maximum absolute atomic E-state index is 13.6. The fourth-order valence-corrected chi connectivity index (χ4v) is 1.47. The van der Waals surface area contributed by atoms with Crippen LogP contribution in [0.3, 0.4) is 0 Å². The van der Waals surface area contributed by atoms with Crippen molar-refractivity contribution in [3.8, 4) is 12.3 Å². The average Bonchev–Trinajstić information content (AvgIpc) is 2.33. The molecule has 0 aliphatic carbocycles. The summed E-state index contributed by atoms with van der Waals surface area (Å²) in [6.07, 6.45) is 5.94. The molecule has 0 fully saturated rings. The Bertz CT molecular complexity index is 498. The molecule has 0 amide bonds. The molecule has 0 saturated carbocycles. The number of nitrogens with one attached hydrogen (secondary N) is 1. The molecule has 1 N–H and O–H groups in total. The first kappa shape index (κ1) is 13.9. The molecular weight excluding hydrogens is 242 g/mol. The Morgan fingerprint density at radius 1 is 1.56 bits per heavy atom. The number of hydrogen-bond acceptors (Lipinski definition) is 3. The SMILES string of the molecule is C#CCC(CC)Nc1c([N+](=O)[O-])ccc(F)c1F. The van der Waals surface area contributed by atoms with Gasteiger partial charge in [-0.05, 0) is 12.5 Å². The number of nitrogens with zero attached hydrogens (tertiary/aromatic N) is 1. The van der Waals surface area contributed by atoms with E-state index in [9.17, 15) is 18.9 Å². The van der Waals surface area contributed by atoms with Gasteiger partial charge in [0, 0.05) is 18.5 Å². The van der Waals surface area contributed by atoms with Gasteiger partial charge < -0.3 is 5.32 Å². The number of nitro benzene ring substituents is 1. The first-order valence-electron chi connectivity index (χ1n) is 5.33. The van der Waals surface area contributed by atoms with E-state index in [0.29, 0.717) is 6.42 Å². The number of nitro groups is 1. The number of hydrogen-bond donors (Lipinski definition) is 1. The van der Waals surface area contributed by atoms with Crippen molar-refractivity contribution in [2.75, 3.05) is 5.32 Å². The van der Waals surface area contributed by atoms with E-state index in [1.165, 1.54) is 0 Å². The van der Waals surface area contributed by atoms with E-state index in [4.69, 9.17) is 6.42 Å². The molecule has 1 atom stereocenters. The Morgan fingerprint density at radius 3 is 2.72 bits per heavy atom. The van der Waals surface area contributed by atoms with Gasteiger partial charge in [0.25, 0.3) is 5.69 Å². The number of rotatable bonds is 5. The van der Waals surface area contributed by atoms with Crippen LogP contribution in [0.2, 0.25) is 0 Å². The van der Waals surface area contributed by atoms with Crippen molar-refractivity contribution in [2.45, 2.75) is 25.8 Å². The first-order valence-corrected chi connectivity index (χ1v) is 5.33. The van der Waals surface area contributed by atoms with Crippen molar-refractivity contribution in [3.05, 3.63) is 33.9 Å². The van der Waals surface area contributed by atoms with Crippen LogP contribution in [0.4, 0.5) is 20.2 Å². The Balaban J connectivity index is 3.16. The van der Waals surface area contributed by atoms with E-state index in [1.807, 2.05) is 0 Å². The molecule has 1 aromatic rings. The Kier molecular flexibility index (Phi) is 4.60. The summed E-state index contributed by atoms with van der Waals surface area (Å²) in [6, 6.07) is 1.30. The number of halogens is 2. The van der Waals surface area contributed by atoms with Crippen LogP contribution < -0.4 is 5.32 Å². The van der Waals surface area contributed by atoms with Crippen molar-refractivity contribution in [3.63, 3.8) is 0 Å². The number of anilines is 1. The van der Waals surface area contributed by atoms with E-state index >= 15 is 0 Å². The lowest BCUT2D eigenvalue weighted by Gasteiger charge is -2.16. The minimum Gasteiger partial charge on any atom is -0.373 e. The van der Waals surface area contributed by atoms with Gasteiger partial charge in [-0.3, -0.25) is 10.1 Å². The fraction of sp³-hybridized carbons (Fsp3) is 0.333. The minimum atomic E-state index is -1.26. The van der Waals surface area contributed by atoms with Crippen molar-refractivity contribution in [1.82, 2.24) is 0 Å². The molecule has 0 aliphatic rings. The third-order valence-corrected chi connectivity index (χ3v) is 2.48. The van der Waals surface area contributed by atoms with Crippen molar-refractivity contribution < 1.29 is 13.7 Å². The summed E-state index contributed by atoms with van der Waals surface area (Å²) in [5.74, 6) is -0.0311. The molecule has 0 heterocycles. The second kappa shape index (κ2) is 5.96. The zero-order valence-electron chi connectivity index (χ0n) is 9.74. The van der Waals surface area contributed by atoms with Crippen molar-refractivity contribution in [2.24, 2.45) is 0 Å². The summed E-state index contributed by atoms with van der Waals surface area (Å²) in [4.78, 5) is 9.98. The molecule has 1 rings (SSSR count). The van der Waals surface area contributed by atoms with Crippen LogP contribution >= 0.6 is 0 Å². The molecule has 0 spiro atoms. The third kappa shape index (κ3) is 2.94. The summed E-state index contributed by atoms with van der Waals surface area (Å²) in [7, 11) is 0. The number of terminal acetylenes is 1. The highest BCUT2D eigenvalue weighted by molar-refractivity contribution is 5.63. The van der Waals surface area contributed by atoms with Gasteiger partial charge >= 0.3 is 0 Å². The van der Waals surface area contributed by atoms with Crippen molar-refractivity contribution in [1.29, 1.82) is 0 Å². The molecule has 1 aromatic carbocycles. The van der Waals surface area contributed by atoms with Crippen LogP contribution in [0.15, 0.2) is 12.1 Å². The summed E-state index contributed by atoms with van der Waals surface area (Å²) in [5.41, 5.74) is -0.966.